The molecule has 2 heterocycles. The molecule has 0 spiro atoms. The molecule has 0 N–H and O–H groups in total. The van der Waals surface area contributed by atoms with Gasteiger partial charge in [-0.25, -0.2) is 0 Å². The Morgan fingerprint density at radius 2 is 0.887 bits per heavy atom. The maximum absolute atomic E-state index is 2.49. The van der Waals surface area contributed by atoms with Crippen LogP contribution in [0.1, 0.15) is 0 Å². The molecule has 0 fully saturated rings. The molecular weight excluding hydrogens is 749 g/mol. The maximum atomic E-state index is 2.49. The second-order valence-corrected chi connectivity index (χ2v) is 16.8. The molecule has 0 aliphatic heterocycles. The molecule has 1 aliphatic carbocycles. The molecule has 286 valence electrons. The number of hydrogen-bond donors (Lipinski definition) is 0. The fourth-order valence-electron chi connectivity index (χ4n) is 10.9. The first-order chi connectivity index (χ1) is 30.8. The number of aromatic nitrogens is 2. The summed E-state index contributed by atoms with van der Waals surface area (Å²) in [4.78, 5) is 0. The van der Waals surface area contributed by atoms with Gasteiger partial charge in [-0.3, -0.25) is 0 Å². The Kier molecular flexibility index (Phi) is 6.86. The summed E-state index contributed by atoms with van der Waals surface area (Å²) in [5, 5.41) is 12.6. The summed E-state index contributed by atoms with van der Waals surface area (Å²) in [6.07, 6.45) is 0. The Bertz CT molecular complexity index is 4030. The lowest BCUT2D eigenvalue weighted by Gasteiger charge is -2.15. The first-order valence-electron chi connectivity index (χ1n) is 21.5. The number of benzene rings is 11. The van der Waals surface area contributed by atoms with Crippen LogP contribution in [0.2, 0.25) is 0 Å². The molecular formula is C60H36N2. The molecule has 62 heavy (non-hydrogen) atoms. The largest absolute Gasteiger partial charge is 0.309 e. The second kappa shape index (κ2) is 12.7. The molecule has 0 unspecified atom stereocenters. The van der Waals surface area contributed by atoms with Gasteiger partial charge >= 0.3 is 0 Å². The van der Waals surface area contributed by atoms with Crippen LogP contribution in [-0.4, -0.2) is 9.13 Å². The average molecular weight is 785 g/mol. The van der Waals surface area contributed by atoms with Gasteiger partial charge in [-0.2, -0.15) is 0 Å². The Hall–Kier alpha value is -8.20. The van der Waals surface area contributed by atoms with E-state index in [1.165, 1.54) is 132 Å². The first kappa shape index (κ1) is 33.6. The number of hydrogen-bond acceptors (Lipinski definition) is 0. The molecule has 2 nitrogen and oxygen atoms in total. The fourth-order valence-corrected chi connectivity index (χ4v) is 10.9. The van der Waals surface area contributed by atoms with Crippen molar-refractivity contribution in [1.82, 2.24) is 9.13 Å². The van der Waals surface area contributed by atoms with Gasteiger partial charge in [0, 0.05) is 38.0 Å². The molecule has 1 aliphatic rings. The SMILES string of the molecule is c1ccc(-n2c3ccc(-c4ccc5c6ccccc6n(-c6cccc7c(-c8ccc9c(c8)-c8cccc%10cccc-9c8%10)cccc67)c5c4)cc3c3ccc4ccccc4c32)cc1. The average Bonchev–Trinajstić information content (AvgIpc) is 3.97. The minimum Gasteiger partial charge on any atom is -0.309 e. The third-order valence-electron chi connectivity index (χ3n) is 13.6. The van der Waals surface area contributed by atoms with Crippen LogP contribution < -0.4 is 0 Å². The van der Waals surface area contributed by atoms with Gasteiger partial charge in [0.1, 0.15) is 0 Å². The highest BCUT2D eigenvalue weighted by Crippen LogP contribution is 2.49. The number of fused-ring (bicyclic) bond motifs is 12. The van der Waals surface area contributed by atoms with Crippen molar-refractivity contribution in [2.24, 2.45) is 0 Å². The lowest BCUT2D eigenvalue weighted by molar-refractivity contribution is 1.19. The normalized spacial score (nSPS) is 12.2. The molecule has 0 bridgehead atoms. The van der Waals surface area contributed by atoms with Crippen LogP contribution in [0.5, 0.6) is 0 Å². The van der Waals surface area contributed by atoms with Crippen LogP contribution in [0.15, 0.2) is 218 Å². The van der Waals surface area contributed by atoms with E-state index in [9.17, 15) is 0 Å². The smallest absolute Gasteiger partial charge is 0.0619 e. The predicted octanol–water partition coefficient (Wildman–Crippen LogP) is 16.3. The molecule has 0 amide bonds. The van der Waals surface area contributed by atoms with E-state index in [0.29, 0.717) is 0 Å². The summed E-state index contributed by atoms with van der Waals surface area (Å²) < 4.78 is 4.93. The first-order valence-corrected chi connectivity index (χ1v) is 21.5. The van der Waals surface area contributed by atoms with E-state index in [1.807, 2.05) is 0 Å². The van der Waals surface area contributed by atoms with E-state index in [2.05, 4.69) is 228 Å². The van der Waals surface area contributed by atoms with Gasteiger partial charge < -0.3 is 9.13 Å². The van der Waals surface area contributed by atoms with Crippen molar-refractivity contribution in [1.29, 1.82) is 0 Å². The summed E-state index contributed by atoms with van der Waals surface area (Å²) >= 11 is 0. The minimum atomic E-state index is 1.17. The molecule has 0 radical (unpaired) electrons. The zero-order valence-corrected chi connectivity index (χ0v) is 33.7. The van der Waals surface area contributed by atoms with Crippen molar-refractivity contribution >= 4 is 75.9 Å². The molecule has 2 heteroatoms. The Morgan fingerprint density at radius 1 is 0.258 bits per heavy atom. The number of para-hydroxylation sites is 2. The highest BCUT2D eigenvalue weighted by atomic mass is 15.0. The molecule has 0 saturated carbocycles. The van der Waals surface area contributed by atoms with Crippen molar-refractivity contribution < 1.29 is 0 Å². The van der Waals surface area contributed by atoms with Crippen LogP contribution in [0.4, 0.5) is 0 Å². The van der Waals surface area contributed by atoms with E-state index in [1.54, 1.807) is 0 Å². The monoisotopic (exact) mass is 784 g/mol. The lowest BCUT2D eigenvalue weighted by atomic mass is 9.93. The lowest BCUT2D eigenvalue weighted by Crippen LogP contribution is -1.96. The molecule has 2 aromatic heterocycles. The van der Waals surface area contributed by atoms with E-state index < -0.39 is 0 Å². The van der Waals surface area contributed by atoms with Crippen LogP contribution in [0, 0.1) is 0 Å². The van der Waals surface area contributed by atoms with Crippen molar-refractivity contribution in [3.8, 4) is 55.9 Å². The zero-order valence-electron chi connectivity index (χ0n) is 33.7. The summed E-state index contributed by atoms with van der Waals surface area (Å²) in [6.45, 7) is 0. The van der Waals surface area contributed by atoms with E-state index in [-0.39, 0.29) is 0 Å². The van der Waals surface area contributed by atoms with Gasteiger partial charge in [0.2, 0.25) is 0 Å². The summed E-state index contributed by atoms with van der Waals surface area (Å²) in [6, 6.07) is 81.1. The van der Waals surface area contributed by atoms with Gasteiger partial charge in [-0.05, 0) is 115 Å². The van der Waals surface area contributed by atoms with Crippen LogP contribution in [-0.2, 0) is 0 Å². The van der Waals surface area contributed by atoms with Gasteiger partial charge in [-0.15, -0.1) is 0 Å². The topological polar surface area (TPSA) is 9.86 Å². The zero-order chi connectivity index (χ0) is 40.5. The van der Waals surface area contributed by atoms with Gasteiger partial charge in [0.15, 0.2) is 0 Å². The third kappa shape index (κ3) is 4.64. The minimum absolute atomic E-state index is 1.17. The van der Waals surface area contributed by atoms with Crippen molar-refractivity contribution in [3.05, 3.63) is 218 Å². The van der Waals surface area contributed by atoms with Crippen molar-refractivity contribution in [3.63, 3.8) is 0 Å². The van der Waals surface area contributed by atoms with Crippen LogP contribution in [0.25, 0.3) is 132 Å². The van der Waals surface area contributed by atoms with Crippen molar-refractivity contribution in [2.45, 2.75) is 0 Å². The standard InChI is InChI=1S/C60H36N2/c1-2-15-42(16-3-1)61-57-33-29-39(34-54(57)52-32-26-37-12-4-5-17-44(37)60(52)61)40-27-31-49-48-18-6-7-24-55(48)62(58(49)36-40)56-25-11-20-45-43(19-10-21-47(45)56)41-28-30-46-50-22-8-13-38-14-9-23-51(59(38)50)53(46)35-41/h1-36H. The summed E-state index contributed by atoms with van der Waals surface area (Å²) in [5.41, 5.74) is 17.4. The molecule has 0 atom stereocenters. The van der Waals surface area contributed by atoms with E-state index in [0.717, 1.165) is 0 Å². The summed E-state index contributed by atoms with van der Waals surface area (Å²) in [5.74, 6) is 0. The third-order valence-corrected chi connectivity index (χ3v) is 13.6. The van der Waals surface area contributed by atoms with E-state index >= 15 is 0 Å². The quantitative estimate of drug-likeness (QED) is 0.168. The predicted molar refractivity (Wildman–Crippen MR) is 263 cm³/mol. The van der Waals surface area contributed by atoms with E-state index in [4.69, 9.17) is 0 Å². The fraction of sp³-hybridized carbons (Fsp3) is 0. The second-order valence-electron chi connectivity index (χ2n) is 16.8. The number of rotatable bonds is 4. The van der Waals surface area contributed by atoms with Crippen LogP contribution >= 0.6 is 0 Å². The molecule has 11 aromatic carbocycles. The highest BCUT2D eigenvalue weighted by molar-refractivity contribution is 6.20. The Balaban J connectivity index is 0.957. The van der Waals surface area contributed by atoms with Gasteiger partial charge in [0.25, 0.3) is 0 Å². The number of nitrogens with zero attached hydrogens (tertiary/aromatic N) is 2. The van der Waals surface area contributed by atoms with Crippen molar-refractivity contribution in [2.75, 3.05) is 0 Å². The molecule has 13 aromatic rings. The maximum Gasteiger partial charge on any atom is 0.0619 e. The Labute approximate surface area is 357 Å². The summed E-state index contributed by atoms with van der Waals surface area (Å²) in [7, 11) is 0. The Morgan fingerprint density at radius 3 is 1.79 bits per heavy atom. The molecule has 0 saturated heterocycles. The van der Waals surface area contributed by atoms with Crippen LogP contribution in [0.3, 0.4) is 0 Å². The highest BCUT2D eigenvalue weighted by Gasteiger charge is 2.23. The van der Waals surface area contributed by atoms with Gasteiger partial charge in [0.05, 0.1) is 27.8 Å². The molecule has 14 rings (SSSR count). The van der Waals surface area contributed by atoms with Gasteiger partial charge in [-0.1, -0.05) is 170 Å².